The third kappa shape index (κ3) is 4.02. The first-order valence-corrected chi connectivity index (χ1v) is 8.03. The molecule has 2 heterocycles. The van der Waals surface area contributed by atoms with Gasteiger partial charge in [0.05, 0.1) is 18.1 Å². The van der Waals surface area contributed by atoms with Gasteiger partial charge in [0.25, 0.3) is 10.0 Å². The molecule has 0 amide bonds. The van der Waals surface area contributed by atoms with Gasteiger partial charge in [-0.3, -0.25) is 4.72 Å². The van der Waals surface area contributed by atoms with Crippen molar-refractivity contribution in [2.24, 2.45) is 7.05 Å². The molecular weight excluding hydrogens is 290 g/mol. The zero-order valence-electron chi connectivity index (χ0n) is 12.2. The van der Waals surface area contributed by atoms with E-state index in [0.717, 1.165) is 5.69 Å². The SMILES string of the molecule is CC(C)NCc1cc(S(=O)(=O)Nc2cncnc2)cn1C. The molecule has 0 saturated carbocycles. The Morgan fingerprint density at radius 2 is 1.95 bits per heavy atom. The Hall–Kier alpha value is -1.93. The number of sulfonamides is 1. The van der Waals surface area contributed by atoms with Gasteiger partial charge < -0.3 is 9.88 Å². The van der Waals surface area contributed by atoms with Crippen LogP contribution in [0.15, 0.2) is 35.9 Å². The molecule has 0 aliphatic carbocycles. The van der Waals surface area contributed by atoms with Gasteiger partial charge in [-0.1, -0.05) is 13.8 Å². The minimum absolute atomic E-state index is 0.217. The van der Waals surface area contributed by atoms with Crippen LogP contribution in [-0.4, -0.2) is 29.0 Å². The molecule has 0 atom stereocenters. The van der Waals surface area contributed by atoms with Crippen LogP contribution in [-0.2, 0) is 23.6 Å². The second kappa shape index (κ2) is 6.23. The maximum absolute atomic E-state index is 12.3. The molecule has 0 saturated heterocycles. The predicted molar refractivity (Wildman–Crippen MR) is 80.2 cm³/mol. The zero-order valence-corrected chi connectivity index (χ0v) is 13.1. The monoisotopic (exact) mass is 309 g/mol. The summed E-state index contributed by atoms with van der Waals surface area (Å²) in [4.78, 5) is 7.78. The Morgan fingerprint density at radius 1 is 1.29 bits per heavy atom. The zero-order chi connectivity index (χ0) is 15.5. The Balaban J connectivity index is 2.19. The first-order chi connectivity index (χ1) is 9.88. The van der Waals surface area contributed by atoms with Crippen LogP contribution in [0.5, 0.6) is 0 Å². The highest BCUT2D eigenvalue weighted by Crippen LogP contribution is 2.17. The van der Waals surface area contributed by atoms with Crippen molar-refractivity contribution >= 4 is 15.7 Å². The molecule has 0 unspecified atom stereocenters. The van der Waals surface area contributed by atoms with Crippen molar-refractivity contribution in [1.29, 1.82) is 0 Å². The molecule has 0 fully saturated rings. The molecule has 2 aromatic heterocycles. The average Bonchev–Trinajstić information content (AvgIpc) is 2.79. The number of hydrogen-bond acceptors (Lipinski definition) is 5. The van der Waals surface area contributed by atoms with Crippen LogP contribution in [0, 0.1) is 0 Å². The van der Waals surface area contributed by atoms with Crippen LogP contribution < -0.4 is 10.0 Å². The topological polar surface area (TPSA) is 88.9 Å². The highest BCUT2D eigenvalue weighted by molar-refractivity contribution is 7.92. The fraction of sp³-hybridized carbons (Fsp3) is 0.385. The lowest BCUT2D eigenvalue weighted by Crippen LogP contribution is -2.22. The third-order valence-corrected chi connectivity index (χ3v) is 4.25. The summed E-state index contributed by atoms with van der Waals surface area (Å²) in [6, 6.07) is 1.99. The molecule has 0 aliphatic rings. The predicted octanol–water partition coefficient (Wildman–Crippen LogP) is 1.11. The number of rotatable bonds is 6. The van der Waals surface area contributed by atoms with Crippen molar-refractivity contribution < 1.29 is 8.42 Å². The molecular formula is C13H19N5O2S. The van der Waals surface area contributed by atoms with Crippen molar-refractivity contribution in [3.8, 4) is 0 Å². The standard InChI is InChI=1S/C13H19N5O2S/c1-10(2)16-7-12-4-13(8-18(12)3)21(19,20)17-11-5-14-9-15-6-11/h4-6,8-10,16-17H,7H2,1-3H3. The number of aryl methyl sites for hydroxylation is 1. The van der Waals surface area contributed by atoms with Crippen LogP contribution in [0.4, 0.5) is 5.69 Å². The van der Waals surface area contributed by atoms with Crippen molar-refractivity contribution in [1.82, 2.24) is 19.9 Å². The third-order valence-electron chi connectivity index (χ3n) is 2.90. The first-order valence-electron chi connectivity index (χ1n) is 6.55. The molecule has 0 radical (unpaired) electrons. The fourth-order valence-electron chi connectivity index (χ4n) is 1.77. The van der Waals surface area contributed by atoms with Crippen molar-refractivity contribution in [3.63, 3.8) is 0 Å². The second-order valence-corrected chi connectivity index (χ2v) is 6.73. The lowest BCUT2D eigenvalue weighted by Gasteiger charge is -2.08. The van der Waals surface area contributed by atoms with Gasteiger partial charge in [-0.25, -0.2) is 18.4 Å². The number of hydrogen-bond donors (Lipinski definition) is 2. The van der Waals surface area contributed by atoms with E-state index in [2.05, 4.69) is 20.0 Å². The highest BCUT2D eigenvalue weighted by Gasteiger charge is 2.18. The normalized spacial score (nSPS) is 11.8. The summed E-state index contributed by atoms with van der Waals surface area (Å²) in [6.45, 7) is 4.69. The van der Waals surface area contributed by atoms with E-state index >= 15 is 0 Å². The quantitative estimate of drug-likeness (QED) is 0.834. The maximum Gasteiger partial charge on any atom is 0.263 e. The van der Waals surface area contributed by atoms with Gasteiger partial charge in [0.1, 0.15) is 11.2 Å². The van der Waals surface area contributed by atoms with Crippen LogP contribution in [0.25, 0.3) is 0 Å². The van der Waals surface area contributed by atoms with Crippen LogP contribution >= 0.6 is 0 Å². The van der Waals surface area contributed by atoms with E-state index < -0.39 is 10.0 Å². The number of nitrogens with zero attached hydrogens (tertiary/aromatic N) is 3. The van der Waals surface area contributed by atoms with Gasteiger partial charge in [-0.05, 0) is 6.07 Å². The molecule has 0 bridgehead atoms. The van der Waals surface area contributed by atoms with Crippen molar-refractivity contribution in [2.75, 3.05) is 4.72 Å². The molecule has 0 spiro atoms. The lowest BCUT2D eigenvalue weighted by molar-refractivity contribution is 0.571. The van der Waals surface area contributed by atoms with E-state index in [1.807, 2.05) is 20.9 Å². The largest absolute Gasteiger partial charge is 0.352 e. The average molecular weight is 309 g/mol. The molecule has 2 aromatic rings. The number of nitrogens with one attached hydrogen (secondary N) is 2. The number of aromatic nitrogens is 3. The molecule has 7 nitrogen and oxygen atoms in total. The summed E-state index contributed by atoms with van der Waals surface area (Å²) >= 11 is 0. The summed E-state index contributed by atoms with van der Waals surface area (Å²) in [7, 11) is -1.81. The van der Waals surface area contributed by atoms with E-state index in [0.29, 0.717) is 18.3 Å². The van der Waals surface area contributed by atoms with Gasteiger partial charge in [-0.15, -0.1) is 0 Å². The minimum atomic E-state index is -3.63. The first kappa shape index (κ1) is 15.5. The molecule has 2 N–H and O–H groups in total. The maximum atomic E-state index is 12.3. The molecule has 114 valence electrons. The van der Waals surface area contributed by atoms with Crippen LogP contribution in [0.1, 0.15) is 19.5 Å². The number of anilines is 1. The van der Waals surface area contributed by atoms with Gasteiger partial charge >= 0.3 is 0 Å². The molecule has 21 heavy (non-hydrogen) atoms. The Kier molecular flexibility index (Phi) is 4.59. The summed E-state index contributed by atoms with van der Waals surface area (Å²) in [5.74, 6) is 0. The Labute approximate surface area is 124 Å². The Morgan fingerprint density at radius 3 is 2.57 bits per heavy atom. The van der Waals surface area contributed by atoms with E-state index in [9.17, 15) is 8.42 Å². The summed E-state index contributed by atoms with van der Waals surface area (Å²) in [5.41, 5.74) is 1.23. The van der Waals surface area contributed by atoms with Gasteiger partial charge in [-0.2, -0.15) is 0 Å². The summed E-state index contributed by atoms with van der Waals surface area (Å²) < 4.78 is 28.9. The van der Waals surface area contributed by atoms with Crippen LogP contribution in [0.2, 0.25) is 0 Å². The van der Waals surface area contributed by atoms with Gasteiger partial charge in [0.15, 0.2) is 0 Å². The van der Waals surface area contributed by atoms with E-state index in [1.54, 1.807) is 16.8 Å². The minimum Gasteiger partial charge on any atom is -0.352 e. The van der Waals surface area contributed by atoms with Crippen molar-refractivity contribution in [2.45, 2.75) is 31.3 Å². The van der Waals surface area contributed by atoms with Crippen molar-refractivity contribution in [3.05, 3.63) is 36.7 Å². The van der Waals surface area contributed by atoms with E-state index in [1.165, 1.54) is 18.7 Å². The van der Waals surface area contributed by atoms with Crippen LogP contribution in [0.3, 0.4) is 0 Å². The fourth-order valence-corrected chi connectivity index (χ4v) is 2.90. The second-order valence-electron chi connectivity index (χ2n) is 5.05. The van der Waals surface area contributed by atoms with E-state index in [4.69, 9.17) is 0 Å². The molecule has 8 heteroatoms. The van der Waals surface area contributed by atoms with Gasteiger partial charge in [0, 0.05) is 31.5 Å². The molecule has 0 aliphatic heterocycles. The summed E-state index contributed by atoms with van der Waals surface area (Å²) in [6.07, 6.45) is 5.75. The Bertz CT molecular complexity index is 695. The van der Waals surface area contributed by atoms with E-state index in [-0.39, 0.29) is 4.90 Å². The smallest absolute Gasteiger partial charge is 0.263 e. The molecule has 2 rings (SSSR count). The molecule has 0 aromatic carbocycles. The highest BCUT2D eigenvalue weighted by atomic mass is 32.2. The summed E-state index contributed by atoms with van der Waals surface area (Å²) in [5, 5.41) is 3.26. The lowest BCUT2D eigenvalue weighted by atomic mass is 10.3. The van der Waals surface area contributed by atoms with Gasteiger partial charge in [0.2, 0.25) is 0 Å².